The number of carbonyl (C=O) groups is 2. The van der Waals surface area contributed by atoms with Crippen LogP contribution in [0.5, 0.6) is 0 Å². The molecule has 1 saturated heterocycles. The minimum Gasteiger partial charge on any atom is -0.626 e. The van der Waals surface area contributed by atoms with Crippen molar-refractivity contribution in [2.45, 2.75) is 18.9 Å². The van der Waals surface area contributed by atoms with Crippen molar-refractivity contribution < 1.29 is 19.8 Å². The fourth-order valence-electron chi connectivity index (χ4n) is 0.960. The molecule has 10 heavy (non-hydrogen) atoms. The number of amides is 1. The third-order valence-electron chi connectivity index (χ3n) is 1.55. The van der Waals surface area contributed by atoms with Gasteiger partial charge >= 0.3 is 11.9 Å². The molecule has 5 nitrogen and oxygen atoms in total. The van der Waals surface area contributed by atoms with Gasteiger partial charge in [0.2, 0.25) is 0 Å². The van der Waals surface area contributed by atoms with Gasteiger partial charge in [0.1, 0.15) is 0 Å². The second-order valence-electron chi connectivity index (χ2n) is 2.22. The van der Waals surface area contributed by atoms with E-state index in [-0.39, 0.29) is 12.8 Å². The Labute approximate surface area is 56.8 Å². The van der Waals surface area contributed by atoms with Crippen LogP contribution in [0.1, 0.15) is 12.8 Å². The van der Waals surface area contributed by atoms with Gasteiger partial charge in [-0.05, 0) is 0 Å². The van der Waals surface area contributed by atoms with Gasteiger partial charge in [0.25, 0.3) is 0 Å². The van der Waals surface area contributed by atoms with Gasteiger partial charge in [-0.2, -0.15) is 0 Å². The summed E-state index contributed by atoms with van der Waals surface area (Å²) in [7, 11) is 0. The van der Waals surface area contributed by atoms with Gasteiger partial charge in [-0.3, -0.25) is 5.06 Å². The highest BCUT2D eigenvalue weighted by Gasteiger charge is 2.36. The van der Waals surface area contributed by atoms with Gasteiger partial charge in [0, 0.05) is 6.42 Å². The topological polar surface area (TPSA) is 81.9 Å². The molecule has 5 heteroatoms. The Balaban J connectivity index is 2.66. The number of hydrogen-bond acceptors (Lipinski definition) is 3. The van der Waals surface area contributed by atoms with Crippen LogP contribution in [0.2, 0.25) is 0 Å². The fourth-order valence-corrected chi connectivity index (χ4v) is 0.960. The Bertz CT molecular complexity index is 178. The zero-order valence-corrected chi connectivity index (χ0v) is 5.16. The lowest BCUT2D eigenvalue weighted by Gasteiger charge is -2.17. The maximum absolute atomic E-state index is 10.6. The van der Waals surface area contributed by atoms with Crippen molar-refractivity contribution in [1.29, 1.82) is 0 Å². The van der Waals surface area contributed by atoms with Gasteiger partial charge in [-0.25, -0.2) is 9.59 Å². The summed E-state index contributed by atoms with van der Waals surface area (Å²) in [6, 6.07) is -1.06. The SMILES string of the molecule is O=C(O)[C@@H]1CCC(=O)[NH+]1[O-]. The van der Waals surface area contributed by atoms with Crippen LogP contribution in [0, 0.1) is 5.21 Å². The molecule has 1 amide bonds. The molecule has 0 aromatic rings. The molecule has 56 valence electrons. The average molecular weight is 145 g/mol. The summed E-state index contributed by atoms with van der Waals surface area (Å²) in [6.45, 7) is 0. The number of quaternary nitrogens is 1. The molecule has 0 spiro atoms. The van der Waals surface area contributed by atoms with E-state index in [0.29, 0.717) is 0 Å². The molecule has 1 fully saturated rings. The van der Waals surface area contributed by atoms with Crippen molar-refractivity contribution in [3.05, 3.63) is 5.21 Å². The number of rotatable bonds is 1. The number of carboxylic acid groups (broad SMARTS) is 1. The zero-order valence-electron chi connectivity index (χ0n) is 5.16. The lowest BCUT2D eigenvalue weighted by Crippen LogP contribution is -3.12. The minimum atomic E-state index is -1.18. The Hall–Kier alpha value is -0.940. The molecule has 1 heterocycles. The van der Waals surface area contributed by atoms with Crippen LogP contribution < -0.4 is 5.06 Å². The van der Waals surface area contributed by atoms with Crippen LogP contribution in [0.25, 0.3) is 0 Å². The first-order valence-electron chi connectivity index (χ1n) is 2.93. The summed E-state index contributed by atoms with van der Waals surface area (Å²) in [6.07, 6.45) is 0.267. The summed E-state index contributed by atoms with van der Waals surface area (Å²) >= 11 is 0. The summed E-state index contributed by atoms with van der Waals surface area (Å²) in [5.74, 6) is -1.73. The second kappa shape index (κ2) is 2.36. The monoisotopic (exact) mass is 145 g/mol. The first kappa shape index (κ1) is 7.17. The Morgan fingerprint density at radius 3 is 2.60 bits per heavy atom. The smallest absolute Gasteiger partial charge is 0.363 e. The Kier molecular flexibility index (Phi) is 1.69. The standard InChI is InChI=1S/C5H7NO4/c7-4-2-1-3(5(8)9)6(4)10/h3,6H,1-2H2,(H,8,9)/t3-/m0/s1. The van der Waals surface area contributed by atoms with Crippen molar-refractivity contribution in [3.8, 4) is 0 Å². The minimum absolute atomic E-state index is 0.0931. The van der Waals surface area contributed by atoms with Crippen molar-refractivity contribution in [1.82, 2.24) is 0 Å². The third kappa shape index (κ3) is 1.01. The molecule has 0 radical (unpaired) electrons. The molecular formula is C5H7NO4. The summed E-state index contributed by atoms with van der Waals surface area (Å²) < 4.78 is 0. The molecular weight excluding hydrogens is 138 g/mol. The van der Waals surface area contributed by atoms with Crippen molar-refractivity contribution in [2.24, 2.45) is 0 Å². The van der Waals surface area contributed by atoms with E-state index in [1.807, 2.05) is 0 Å². The Morgan fingerprint density at radius 1 is 1.80 bits per heavy atom. The molecule has 0 aromatic heterocycles. The molecule has 1 aliphatic heterocycles. The van der Waals surface area contributed by atoms with Crippen molar-refractivity contribution in [3.63, 3.8) is 0 Å². The highest BCUT2D eigenvalue weighted by Crippen LogP contribution is 1.99. The highest BCUT2D eigenvalue weighted by atomic mass is 16.5. The molecule has 1 aliphatic rings. The van der Waals surface area contributed by atoms with Crippen LogP contribution in [0.15, 0.2) is 0 Å². The number of carbonyl (C=O) groups excluding carboxylic acids is 1. The van der Waals surface area contributed by atoms with Crippen LogP contribution >= 0.6 is 0 Å². The molecule has 1 unspecified atom stereocenters. The lowest BCUT2D eigenvalue weighted by atomic mass is 10.2. The first-order chi connectivity index (χ1) is 4.63. The maximum Gasteiger partial charge on any atom is 0.363 e. The molecule has 0 saturated carbocycles. The zero-order chi connectivity index (χ0) is 7.72. The van der Waals surface area contributed by atoms with E-state index in [2.05, 4.69) is 0 Å². The lowest BCUT2D eigenvalue weighted by molar-refractivity contribution is -0.774. The predicted molar refractivity (Wildman–Crippen MR) is 30.0 cm³/mol. The number of aliphatic carboxylic acids is 1. The molecule has 1 rings (SSSR count). The quantitative estimate of drug-likeness (QED) is 0.424. The van der Waals surface area contributed by atoms with E-state index in [4.69, 9.17) is 5.11 Å². The summed E-state index contributed by atoms with van der Waals surface area (Å²) in [4.78, 5) is 20.7. The van der Waals surface area contributed by atoms with E-state index in [1.54, 1.807) is 0 Å². The van der Waals surface area contributed by atoms with Crippen LogP contribution in [-0.4, -0.2) is 23.0 Å². The van der Waals surface area contributed by atoms with Crippen LogP contribution in [0.4, 0.5) is 0 Å². The average Bonchev–Trinajstić information content (AvgIpc) is 2.14. The molecule has 2 N–H and O–H groups in total. The number of nitrogens with one attached hydrogen (secondary N) is 1. The second-order valence-corrected chi connectivity index (χ2v) is 2.22. The maximum atomic E-state index is 10.6. The van der Waals surface area contributed by atoms with Crippen molar-refractivity contribution >= 4 is 11.9 Å². The van der Waals surface area contributed by atoms with Gasteiger partial charge < -0.3 is 10.3 Å². The number of hydrogen-bond donors (Lipinski definition) is 2. The van der Waals surface area contributed by atoms with E-state index < -0.39 is 23.0 Å². The van der Waals surface area contributed by atoms with E-state index in [0.717, 1.165) is 0 Å². The molecule has 0 aliphatic carbocycles. The number of hydroxylamine groups is 2. The summed E-state index contributed by atoms with van der Waals surface area (Å²) in [5.41, 5.74) is 0. The predicted octanol–water partition coefficient (Wildman–Crippen LogP) is -1.86. The first-order valence-corrected chi connectivity index (χ1v) is 2.93. The molecule has 0 bridgehead atoms. The van der Waals surface area contributed by atoms with Gasteiger partial charge in [-0.1, -0.05) is 0 Å². The summed E-state index contributed by atoms with van der Waals surface area (Å²) in [5, 5.41) is 18.2. The molecule has 2 atom stereocenters. The van der Waals surface area contributed by atoms with Crippen LogP contribution in [-0.2, 0) is 9.59 Å². The fraction of sp³-hybridized carbons (Fsp3) is 0.600. The normalized spacial score (nSPS) is 32.7. The highest BCUT2D eigenvalue weighted by molar-refractivity contribution is 5.79. The van der Waals surface area contributed by atoms with Gasteiger partial charge in [0.15, 0.2) is 6.04 Å². The Morgan fingerprint density at radius 2 is 2.40 bits per heavy atom. The van der Waals surface area contributed by atoms with Crippen molar-refractivity contribution in [2.75, 3.05) is 0 Å². The van der Waals surface area contributed by atoms with Gasteiger partial charge in [-0.15, -0.1) is 0 Å². The van der Waals surface area contributed by atoms with Crippen LogP contribution in [0.3, 0.4) is 0 Å². The van der Waals surface area contributed by atoms with E-state index in [1.165, 1.54) is 0 Å². The van der Waals surface area contributed by atoms with E-state index in [9.17, 15) is 14.8 Å². The van der Waals surface area contributed by atoms with E-state index >= 15 is 0 Å². The number of carboxylic acids is 1. The third-order valence-corrected chi connectivity index (χ3v) is 1.55. The molecule has 0 aromatic carbocycles. The van der Waals surface area contributed by atoms with Gasteiger partial charge in [0.05, 0.1) is 6.42 Å². The largest absolute Gasteiger partial charge is 0.626 e.